The number of hydrogen-bond donors (Lipinski definition) is 1. The topological polar surface area (TPSA) is 34.1 Å². The first-order valence-corrected chi connectivity index (χ1v) is 7.07. The van der Waals surface area contributed by atoms with E-state index in [1.807, 2.05) is 24.3 Å². The molecule has 4 heteroatoms. The van der Waals surface area contributed by atoms with Crippen molar-refractivity contribution < 1.29 is 4.74 Å². The van der Waals surface area contributed by atoms with E-state index in [1.54, 1.807) is 6.20 Å². The van der Waals surface area contributed by atoms with Crippen LogP contribution in [0.1, 0.15) is 12.8 Å². The van der Waals surface area contributed by atoms with E-state index in [1.165, 1.54) is 0 Å². The molecule has 0 radical (unpaired) electrons. The molecule has 1 aliphatic rings. The van der Waals surface area contributed by atoms with Gasteiger partial charge in [-0.3, -0.25) is 4.98 Å². The van der Waals surface area contributed by atoms with Crippen molar-refractivity contribution in [2.45, 2.75) is 12.8 Å². The summed E-state index contributed by atoms with van der Waals surface area (Å²) in [4.78, 5) is 4.43. The summed E-state index contributed by atoms with van der Waals surface area (Å²) in [5.74, 6) is 0.684. The highest BCUT2D eigenvalue weighted by atomic mass is 35.5. The predicted molar refractivity (Wildman–Crippen MR) is 78.8 cm³/mol. The van der Waals surface area contributed by atoms with Crippen molar-refractivity contribution in [2.75, 3.05) is 25.1 Å². The van der Waals surface area contributed by atoms with E-state index in [9.17, 15) is 0 Å². The normalized spacial score (nSPS) is 16.7. The summed E-state index contributed by atoms with van der Waals surface area (Å²) in [6.45, 7) is 2.73. The van der Waals surface area contributed by atoms with Gasteiger partial charge in [-0.05, 0) is 43.0 Å². The van der Waals surface area contributed by atoms with E-state index < -0.39 is 0 Å². The van der Waals surface area contributed by atoms with Crippen LogP contribution in [0, 0.1) is 5.92 Å². The first kappa shape index (κ1) is 12.7. The van der Waals surface area contributed by atoms with Crippen LogP contribution in [0.2, 0.25) is 5.02 Å². The lowest BCUT2D eigenvalue weighted by molar-refractivity contribution is 0.0699. The highest BCUT2D eigenvalue weighted by Gasteiger charge is 2.14. The Labute approximate surface area is 117 Å². The van der Waals surface area contributed by atoms with E-state index in [2.05, 4.69) is 10.3 Å². The zero-order chi connectivity index (χ0) is 13.1. The smallest absolute Gasteiger partial charge is 0.0948 e. The van der Waals surface area contributed by atoms with Crippen molar-refractivity contribution in [1.29, 1.82) is 0 Å². The third-order valence-electron chi connectivity index (χ3n) is 3.64. The molecule has 3 rings (SSSR count). The van der Waals surface area contributed by atoms with Crippen LogP contribution in [0.3, 0.4) is 0 Å². The zero-order valence-electron chi connectivity index (χ0n) is 10.7. The van der Waals surface area contributed by atoms with Crippen molar-refractivity contribution in [3.63, 3.8) is 0 Å². The average molecular weight is 277 g/mol. The van der Waals surface area contributed by atoms with Gasteiger partial charge in [0.15, 0.2) is 0 Å². The molecule has 0 amide bonds. The molecular weight excluding hydrogens is 260 g/mol. The molecule has 0 bridgehead atoms. The number of aromatic nitrogens is 1. The number of fused-ring (bicyclic) bond motifs is 1. The van der Waals surface area contributed by atoms with Gasteiger partial charge in [-0.25, -0.2) is 0 Å². The number of halogens is 1. The van der Waals surface area contributed by atoms with Gasteiger partial charge in [0.05, 0.1) is 16.2 Å². The summed E-state index contributed by atoms with van der Waals surface area (Å²) in [6.07, 6.45) is 4.07. The van der Waals surface area contributed by atoms with Gasteiger partial charge in [-0.15, -0.1) is 0 Å². The van der Waals surface area contributed by atoms with E-state index in [0.29, 0.717) is 5.92 Å². The molecular formula is C15H17ClN2O. The fourth-order valence-electron chi connectivity index (χ4n) is 2.49. The van der Waals surface area contributed by atoms with Gasteiger partial charge in [-0.2, -0.15) is 0 Å². The summed E-state index contributed by atoms with van der Waals surface area (Å²) in [5.41, 5.74) is 2.01. The molecule has 0 unspecified atom stereocenters. The Balaban J connectivity index is 1.79. The van der Waals surface area contributed by atoms with Crippen LogP contribution in [-0.2, 0) is 4.74 Å². The van der Waals surface area contributed by atoms with Gasteiger partial charge < -0.3 is 10.1 Å². The third kappa shape index (κ3) is 2.82. The maximum absolute atomic E-state index is 6.19. The van der Waals surface area contributed by atoms with Crippen LogP contribution in [0.15, 0.2) is 30.5 Å². The van der Waals surface area contributed by atoms with E-state index in [0.717, 1.165) is 54.2 Å². The van der Waals surface area contributed by atoms with Gasteiger partial charge in [0.2, 0.25) is 0 Å². The number of anilines is 1. The molecule has 1 aliphatic heterocycles. The number of benzene rings is 1. The van der Waals surface area contributed by atoms with Gasteiger partial charge >= 0.3 is 0 Å². The summed E-state index contributed by atoms with van der Waals surface area (Å²) in [7, 11) is 0. The molecule has 1 aromatic heterocycles. The first-order valence-electron chi connectivity index (χ1n) is 6.69. The molecule has 100 valence electrons. The standard InChI is InChI=1S/C15H17ClN2O/c16-13-3-4-14(15-12(13)2-1-7-17-15)18-10-11-5-8-19-9-6-11/h1-4,7,11,18H,5-6,8-10H2. The number of nitrogens with zero attached hydrogens (tertiary/aromatic N) is 1. The lowest BCUT2D eigenvalue weighted by Crippen LogP contribution is -2.22. The van der Waals surface area contributed by atoms with Crippen LogP contribution in [0.5, 0.6) is 0 Å². The Bertz CT molecular complexity index is 567. The average Bonchev–Trinajstić information content (AvgIpc) is 2.48. The SMILES string of the molecule is Clc1ccc(NCC2CCOCC2)c2ncccc12. The predicted octanol–water partition coefficient (Wildman–Crippen LogP) is 3.73. The molecule has 2 heterocycles. The Morgan fingerprint density at radius 3 is 2.95 bits per heavy atom. The van der Waals surface area contributed by atoms with Gasteiger partial charge in [0, 0.05) is 31.3 Å². The van der Waals surface area contributed by atoms with Crippen LogP contribution >= 0.6 is 11.6 Å². The lowest BCUT2D eigenvalue weighted by Gasteiger charge is -2.23. The molecule has 0 saturated carbocycles. The Kier molecular flexibility index (Phi) is 3.85. The number of hydrogen-bond acceptors (Lipinski definition) is 3. The highest BCUT2D eigenvalue weighted by molar-refractivity contribution is 6.35. The Morgan fingerprint density at radius 1 is 1.26 bits per heavy atom. The van der Waals surface area contributed by atoms with Crippen LogP contribution in [0.4, 0.5) is 5.69 Å². The second-order valence-electron chi connectivity index (χ2n) is 4.93. The lowest BCUT2D eigenvalue weighted by atomic mass is 10.0. The molecule has 3 nitrogen and oxygen atoms in total. The third-order valence-corrected chi connectivity index (χ3v) is 3.97. The second-order valence-corrected chi connectivity index (χ2v) is 5.34. The molecule has 2 aromatic rings. The molecule has 1 aromatic carbocycles. The van der Waals surface area contributed by atoms with Crippen LogP contribution in [-0.4, -0.2) is 24.7 Å². The largest absolute Gasteiger partial charge is 0.383 e. The van der Waals surface area contributed by atoms with Crippen LogP contribution < -0.4 is 5.32 Å². The minimum Gasteiger partial charge on any atom is -0.383 e. The molecule has 0 aliphatic carbocycles. The highest BCUT2D eigenvalue weighted by Crippen LogP contribution is 2.28. The Hall–Kier alpha value is -1.32. The van der Waals surface area contributed by atoms with Crippen molar-refractivity contribution in [3.8, 4) is 0 Å². The molecule has 1 fully saturated rings. The minimum atomic E-state index is 0.684. The molecule has 0 spiro atoms. The summed E-state index contributed by atoms with van der Waals surface area (Å²) in [5, 5.41) is 5.26. The van der Waals surface area contributed by atoms with Crippen molar-refractivity contribution in [3.05, 3.63) is 35.5 Å². The van der Waals surface area contributed by atoms with Gasteiger partial charge in [0.1, 0.15) is 0 Å². The molecule has 1 saturated heterocycles. The van der Waals surface area contributed by atoms with Crippen LogP contribution in [0.25, 0.3) is 10.9 Å². The monoisotopic (exact) mass is 276 g/mol. The molecule has 0 atom stereocenters. The fraction of sp³-hybridized carbons (Fsp3) is 0.400. The second kappa shape index (κ2) is 5.76. The number of pyridine rings is 1. The Morgan fingerprint density at radius 2 is 2.11 bits per heavy atom. The minimum absolute atomic E-state index is 0.684. The summed E-state index contributed by atoms with van der Waals surface area (Å²) < 4.78 is 5.38. The maximum atomic E-state index is 6.19. The number of ether oxygens (including phenoxy) is 1. The molecule has 1 N–H and O–H groups in total. The summed E-state index contributed by atoms with van der Waals surface area (Å²) in [6, 6.07) is 7.86. The van der Waals surface area contributed by atoms with Crippen molar-refractivity contribution >= 4 is 28.2 Å². The van der Waals surface area contributed by atoms with E-state index in [4.69, 9.17) is 16.3 Å². The number of rotatable bonds is 3. The first-order chi connectivity index (χ1) is 9.34. The van der Waals surface area contributed by atoms with Crippen molar-refractivity contribution in [1.82, 2.24) is 4.98 Å². The zero-order valence-corrected chi connectivity index (χ0v) is 11.5. The van der Waals surface area contributed by atoms with Gasteiger partial charge in [-0.1, -0.05) is 11.6 Å². The summed E-state index contributed by atoms with van der Waals surface area (Å²) >= 11 is 6.19. The molecule has 19 heavy (non-hydrogen) atoms. The fourth-order valence-corrected chi connectivity index (χ4v) is 2.70. The quantitative estimate of drug-likeness (QED) is 0.928. The van der Waals surface area contributed by atoms with Gasteiger partial charge in [0.25, 0.3) is 0 Å². The van der Waals surface area contributed by atoms with Crippen molar-refractivity contribution in [2.24, 2.45) is 5.92 Å². The number of nitrogens with one attached hydrogen (secondary N) is 1. The van der Waals surface area contributed by atoms with E-state index >= 15 is 0 Å². The maximum Gasteiger partial charge on any atom is 0.0948 e. The van der Waals surface area contributed by atoms with E-state index in [-0.39, 0.29) is 0 Å².